The van der Waals surface area contributed by atoms with Crippen molar-refractivity contribution in [2.45, 2.75) is 52.4 Å². The van der Waals surface area contributed by atoms with Crippen molar-refractivity contribution >= 4 is 0 Å². The molecule has 4 nitrogen and oxygen atoms in total. The number of pyridine rings is 3. The smallest absolute Gasteiger partial charge is 0.116 e. The van der Waals surface area contributed by atoms with Crippen LogP contribution in [-0.4, -0.2) is 20.1 Å². The quantitative estimate of drug-likeness (QED) is 0.369. The van der Waals surface area contributed by atoms with Crippen molar-refractivity contribution in [3.05, 3.63) is 84.2 Å². The van der Waals surface area contributed by atoms with Gasteiger partial charge in [0.25, 0.3) is 0 Å². The molecule has 0 fully saturated rings. The molecular weight excluding hydrogens is 406 g/mol. The van der Waals surface area contributed by atoms with Crippen LogP contribution in [0.5, 0.6) is 5.75 Å². The van der Waals surface area contributed by atoms with Gasteiger partial charge in [-0.25, -0.2) is 4.98 Å². The standard InChI is InChI=1S/C29H31N3O/c1-28(2,3)21-11-13-31-26(16-21)27-18-22(29(4,5)6)17-25(32-27)20-10-12-30-24(15-20)19-8-7-9-23(33)14-19/h7-18,33H,1-6H3. The first kappa shape index (κ1) is 22.7. The highest BCUT2D eigenvalue weighted by Gasteiger charge is 2.20. The van der Waals surface area contributed by atoms with E-state index >= 15 is 0 Å². The van der Waals surface area contributed by atoms with Gasteiger partial charge in [0, 0.05) is 23.5 Å². The Labute approximate surface area is 196 Å². The Bertz CT molecular complexity index is 1300. The lowest BCUT2D eigenvalue weighted by atomic mass is 9.85. The van der Waals surface area contributed by atoms with Crippen molar-refractivity contribution < 1.29 is 5.11 Å². The van der Waals surface area contributed by atoms with Gasteiger partial charge in [-0.05, 0) is 70.5 Å². The number of benzene rings is 1. The second-order valence-corrected chi connectivity index (χ2v) is 10.5. The first-order valence-corrected chi connectivity index (χ1v) is 11.3. The Morgan fingerprint density at radius 2 is 1.18 bits per heavy atom. The molecule has 1 aromatic carbocycles. The number of aromatic nitrogens is 3. The van der Waals surface area contributed by atoms with Crippen LogP contribution in [0, 0.1) is 0 Å². The van der Waals surface area contributed by atoms with Gasteiger partial charge >= 0.3 is 0 Å². The molecule has 0 spiro atoms. The maximum Gasteiger partial charge on any atom is 0.116 e. The van der Waals surface area contributed by atoms with Gasteiger partial charge in [0.1, 0.15) is 5.75 Å². The van der Waals surface area contributed by atoms with E-state index in [0.29, 0.717) is 0 Å². The van der Waals surface area contributed by atoms with Crippen LogP contribution < -0.4 is 0 Å². The van der Waals surface area contributed by atoms with Gasteiger partial charge in [-0.2, -0.15) is 0 Å². The predicted octanol–water partition coefficient (Wildman–Crippen LogP) is 7.17. The van der Waals surface area contributed by atoms with E-state index in [0.717, 1.165) is 33.9 Å². The van der Waals surface area contributed by atoms with E-state index in [-0.39, 0.29) is 16.6 Å². The molecule has 0 aliphatic heterocycles. The minimum Gasteiger partial charge on any atom is -0.508 e. The molecule has 0 atom stereocenters. The average molecular weight is 438 g/mol. The Morgan fingerprint density at radius 3 is 1.88 bits per heavy atom. The second kappa shape index (κ2) is 8.43. The fourth-order valence-electron chi connectivity index (χ4n) is 3.69. The summed E-state index contributed by atoms with van der Waals surface area (Å²) in [7, 11) is 0. The van der Waals surface area contributed by atoms with Crippen molar-refractivity contribution in [3.8, 4) is 39.7 Å². The normalized spacial score (nSPS) is 12.1. The van der Waals surface area contributed by atoms with E-state index < -0.39 is 0 Å². The van der Waals surface area contributed by atoms with Crippen LogP contribution in [0.4, 0.5) is 0 Å². The third kappa shape index (κ3) is 5.11. The minimum atomic E-state index is -0.0465. The molecule has 0 aliphatic carbocycles. The predicted molar refractivity (Wildman–Crippen MR) is 135 cm³/mol. The number of aromatic hydroxyl groups is 1. The van der Waals surface area contributed by atoms with Crippen LogP contribution in [0.25, 0.3) is 33.9 Å². The summed E-state index contributed by atoms with van der Waals surface area (Å²) in [5.41, 5.74) is 7.65. The number of hydrogen-bond donors (Lipinski definition) is 1. The highest BCUT2D eigenvalue weighted by atomic mass is 16.3. The monoisotopic (exact) mass is 437 g/mol. The molecule has 0 bridgehead atoms. The van der Waals surface area contributed by atoms with Crippen LogP contribution in [0.1, 0.15) is 52.7 Å². The molecule has 3 heterocycles. The van der Waals surface area contributed by atoms with Crippen LogP contribution in [0.3, 0.4) is 0 Å². The van der Waals surface area contributed by atoms with Gasteiger partial charge in [0.15, 0.2) is 0 Å². The Morgan fingerprint density at radius 1 is 0.576 bits per heavy atom. The summed E-state index contributed by atoms with van der Waals surface area (Å²) in [6.45, 7) is 13.2. The van der Waals surface area contributed by atoms with E-state index in [1.165, 1.54) is 11.1 Å². The highest BCUT2D eigenvalue weighted by Crippen LogP contribution is 2.33. The molecule has 3 aromatic heterocycles. The maximum atomic E-state index is 9.88. The van der Waals surface area contributed by atoms with Crippen LogP contribution >= 0.6 is 0 Å². The number of phenolic OH excluding ortho intramolecular Hbond substituents is 1. The van der Waals surface area contributed by atoms with Crippen molar-refractivity contribution in [2.24, 2.45) is 0 Å². The third-order valence-electron chi connectivity index (χ3n) is 5.78. The van der Waals surface area contributed by atoms with Gasteiger partial charge in [0.2, 0.25) is 0 Å². The first-order valence-electron chi connectivity index (χ1n) is 11.3. The minimum absolute atomic E-state index is 0.0312. The molecule has 0 amide bonds. The number of nitrogens with zero attached hydrogens (tertiary/aromatic N) is 3. The van der Waals surface area contributed by atoms with E-state index in [1.807, 2.05) is 30.5 Å². The molecule has 168 valence electrons. The number of hydrogen-bond acceptors (Lipinski definition) is 4. The molecule has 0 saturated heterocycles. The zero-order valence-corrected chi connectivity index (χ0v) is 20.2. The van der Waals surface area contributed by atoms with Gasteiger partial charge in [-0.15, -0.1) is 0 Å². The second-order valence-electron chi connectivity index (χ2n) is 10.5. The summed E-state index contributed by atoms with van der Waals surface area (Å²) in [6.07, 6.45) is 3.66. The molecule has 1 N–H and O–H groups in total. The Kier molecular flexibility index (Phi) is 5.79. The van der Waals surface area contributed by atoms with Crippen molar-refractivity contribution in [1.29, 1.82) is 0 Å². The fraction of sp³-hybridized carbons (Fsp3) is 0.276. The zero-order valence-electron chi connectivity index (χ0n) is 20.2. The highest BCUT2D eigenvalue weighted by molar-refractivity contribution is 5.71. The number of phenols is 1. The fourth-order valence-corrected chi connectivity index (χ4v) is 3.69. The summed E-state index contributed by atoms with van der Waals surface area (Å²) in [4.78, 5) is 14.2. The molecule has 4 aromatic rings. The SMILES string of the molecule is CC(C)(C)c1ccnc(-c2cc(C(C)(C)C)cc(-c3ccnc(-c4cccc(O)c4)c3)n2)c1. The van der Waals surface area contributed by atoms with Crippen molar-refractivity contribution in [3.63, 3.8) is 0 Å². The lowest BCUT2D eigenvalue weighted by Gasteiger charge is -2.22. The van der Waals surface area contributed by atoms with Crippen molar-refractivity contribution in [2.75, 3.05) is 0 Å². The molecule has 0 radical (unpaired) electrons. The lowest BCUT2D eigenvalue weighted by molar-refractivity contribution is 0.475. The van der Waals surface area contributed by atoms with E-state index in [4.69, 9.17) is 4.98 Å². The summed E-state index contributed by atoms with van der Waals surface area (Å²) in [5.74, 6) is 0.222. The molecule has 4 rings (SSSR count). The van der Waals surface area contributed by atoms with E-state index in [2.05, 4.69) is 75.8 Å². The Balaban J connectivity index is 1.86. The van der Waals surface area contributed by atoms with Crippen LogP contribution in [0.2, 0.25) is 0 Å². The topological polar surface area (TPSA) is 58.9 Å². The van der Waals surface area contributed by atoms with Crippen LogP contribution in [-0.2, 0) is 10.8 Å². The molecule has 0 unspecified atom stereocenters. The number of rotatable bonds is 3. The maximum absolute atomic E-state index is 9.88. The van der Waals surface area contributed by atoms with E-state index in [9.17, 15) is 5.11 Å². The van der Waals surface area contributed by atoms with Crippen LogP contribution in [0.15, 0.2) is 73.1 Å². The van der Waals surface area contributed by atoms with Gasteiger partial charge in [-0.3, -0.25) is 9.97 Å². The lowest BCUT2D eigenvalue weighted by Crippen LogP contribution is -2.13. The van der Waals surface area contributed by atoms with Crippen molar-refractivity contribution in [1.82, 2.24) is 15.0 Å². The van der Waals surface area contributed by atoms with Gasteiger partial charge in [0.05, 0.1) is 22.8 Å². The first-order chi connectivity index (χ1) is 15.5. The largest absolute Gasteiger partial charge is 0.508 e. The summed E-state index contributed by atoms with van der Waals surface area (Å²) >= 11 is 0. The van der Waals surface area contributed by atoms with E-state index in [1.54, 1.807) is 18.3 Å². The molecule has 4 heteroatoms. The van der Waals surface area contributed by atoms with Gasteiger partial charge < -0.3 is 5.11 Å². The van der Waals surface area contributed by atoms with Gasteiger partial charge in [-0.1, -0.05) is 53.7 Å². The molecular formula is C29H31N3O. The summed E-state index contributed by atoms with van der Waals surface area (Å²) in [6, 6.07) is 19.7. The molecule has 0 saturated carbocycles. The Hall–Kier alpha value is -3.53. The third-order valence-corrected chi connectivity index (χ3v) is 5.78. The molecule has 0 aliphatic rings. The summed E-state index contributed by atoms with van der Waals surface area (Å²) in [5, 5.41) is 9.88. The zero-order chi connectivity index (χ0) is 23.8. The average Bonchev–Trinajstić information content (AvgIpc) is 2.78. The molecule has 33 heavy (non-hydrogen) atoms. The summed E-state index contributed by atoms with van der Waals surface area (Å²) < 4.78 is 0.